The Morgan fingerprint density at radius 3 is 2.77 bits per heavy atom. The normalized spacial score (nSPS) is 27.3. The van der Waals surface area contributed by atoms with E-state index in [0.29, 0.717) is 22.5 Å². The Hall–Kier alpha value is -1.50. The summed E-state index contributed by atoms with van der Waals surface area (Å²) in [5, 5.41) is 13.8. The Balaban J connectivity index is 1.45. The summed E-state index contributed by atoms with van der Waals surface area (Å²) in [5.41, 5.74) is 7.87. The molecule has 0 spiro atoms. The molecule has 0 aromatic heterocycles. The summed E-state index contributed by atoms with van der Waals surface area (Å²) in [5.74, 6) is -0.0507. The number of nitrogen functional groups attached to an aromatic ring is 1. The van der Waals surface area contributed by atoms with Gasteiger partial charge in [-0.2, -0.15) is 4.89 Å². The number of rotatable bonds is 6. The average molecular weight is 437 g/mol. The van der Waals surface area contributed by atoms with Crippen molar-refractivity contribution in [2.45, 2.75) is 76.2 Å². The Morgan fingerprint density at radius 1 is 1.20 bits per heavy atom. The van der Waals surface area contributed by atoms with E-state index in [1.54, 1.807) is 0 Å². The third kappa shape index (κ3) is 4.87. The molecule has 7 heteroatoms. The number of carboxylic acids is 1. The molecule has 30 heavy (non-hydrogen) atoms. The van der Waals surface area contributed by atoms with Crippen LogP contribution in [0.5, 0.6) is 5.75 Å². The number of fused-ring (bicyclic) bond motifs is 1. The second kappa shape index (κ2) is 9.75. The molecule has 1 saturated carbocycles. The number of carbonyl (C=O) groups is 1. The van der Waals surface area contributed by atoms with E-state index in [0.717, 1.165) is 37.3 Å². The van der Waals surface area contributed by atoms with Crippen molar-refractivity contribution in [1.82, 2.24) is 5.32 Å². The van der Waals surface area contributed by atoms with E-state index >= 15 is 0 Å². The molecule has 6 nitrogen and oxygen atoms in total. The molecule has 2 heterocycles. The maximum Gasteiger partial charge on any atom is 0.313 e. The first kappa shape index (κ1) is 21.7. The van der Waals surface area contributed by atoms with E-state index in [4.69, 9.17) is 27.1 Å². The number of nitrogens with two attached hydrogens (primary N) is 1. The van der Waals surface area contributed by atoms with Crippen molar-refractivity contribution in [3.8, 4) is 5.75 Å². The molecule has 1 aliphatic carbocycles. The third-order valence-electron chi connectivity index (χ3n) is 7.18. The number of hydrogen-bond donors (Lipinski definition) is 3. The molecule has 1 saturated heterocycles. The van der Waals surface area contributed by atoms with Crippen LogP contribution in [0.15, 0.2) is 6.07 Å². The van der Waals surface area contributed by atoms with Gasteiger partial charge in [0.2, 0.25) is 0 Å². The number of halogens is 1. The maximum atomic E-state index is 11.8. The summed E-state index contributed by atoms with van der Waals surface area (Å²) >= 11 is 6.34. The highest BCUT2D eigenvalue weighted by molar-refractivity contribution is 6.33. The van der Waals surface area contributed by atoms with Gasteiger partial charge in [-0.15, -0.1) is 0 Å². The minimum absolute atomic E-state index is 0.0212. The zero-order valence-electron chi connectivity index (χ0n) is 17.5. The molecule has 3 aliphatic rings. The van der Waals surface area contributed by atoms with Crippen LogP contribution < -0.4 is 15.9 Å². The summed E-state index contributed by atoms with van der Waals surface area (Å²) in [6.45, 7) is 0.986. The van der Waals surface area contributed by atoms with Gasteiger partial charge in [-0.1, -0.05) is 43.7 Å². The lowest BCUT2D eigenvalue weighted by Gasteiger charge is -2.33. The molecule has 0 bridgehead atoms. The Kier molecular flexibility index (Phi) is 7.06. The van der Waals surface area contributed by atoms with Crippen LogP contribution >= 0.6 is 11.6 Å². The first-order valence-corrected chi connectivity index (χ1v) is 11.8. The van der Waals surface area contributed by atoms with E-state index in [-0.39, 0.29) is 18.0 Å². The van der Waals surface area contributed by atoms with Crippen LogP contribution in [0.3, 0.4) is 0 Å². The standard InChI is InChI=1S/C23H33ClN2O4/c24-19-12-16(20-18(23(27)28)13-29-30-22(20)21(19)25)10-15-8-9-26-17(11-15)7-6-14-4-2-1-3-5-14/h12,14-15,17-18,26H,1-11,13,25H2,(H,27,28). The number of carboxylic acid groups (broad SMARTS) is 1. The second-order valence-corrected chi connectivity index (χ2v) is 9.67. The quantitative estimate of drug-likeness (QED) is 0.442. The molecule has 3 atom stereocenters. The zero-order chi connectivity index (χ0) is 21.1. The van der Waals surface area contributed by atoms with Crippen molar-refractivity contribution >= 4 is 23.3 Å². The molecule has 1 aromatic rings. The lowest BCUT2D eigenvalue weighted by atomic mass is 9.80. The van der Waals surface area contributed by atoms with Crippen LogP contribution in [-0.4, -0.2) is 30.3 Å². The van der Waals surface area contributed by atoms with Crippen molar-refractivity contribution in [3.63, 3.8) is 0 Å². The Labute approximate surface area is 183 Å². The van der Waals surface area contributed by atoms with Crippen molar-refractivity contribution in [2.24, 2.45) is 11.8 Å². The fraction of sp³-hybridized carbons (Fsp3) is 0.696. The molecule has 1 aromatic carbocycles. The van der Waals surface area contributed by atoms with Crippen LogP contribution in [-0.2, 0) is 16.1 Å². The van der Waals surface area contributed by atoms with Gasteiger partial charge in [-0.25, -0.2) is 0 Å². The lowest BCUT2D eigenvalue weighted by molar-refractivity contribution is -0.222. The van der Waals surface area contributed by atoms with Gasteiger partial charge in [0.25, 0.3) is 0 Å². The second-order valence-electron chi connectivity index (χ2n) is 9.26. The number of aliphatic carboxylic acids is 1. The molecule has 0 amide bonds. The Bertz CT molecular complexity index is 766. The van der Waals surface area contributed by atoms with Gasteiger partial charge < -0.3 is 21.0 Å². The zero-order valence-corrected chi connectivity index (χ0v) is 18.3. The molecule has 2 aliphatic heterocycles. The predicted molar refractivity (Wildman–Crippen MR) is 117 cm³/mol. The van der Waals surface area contributed by atoms with Gasteiger partial charge >= 0.3 is 5.97 Å². The summed E-state index contributed by atoms with van der Waals surface area (Å²) in [6.07, 6.45) is 12.5. The van der Waals surface area contributed by atoms with E-state index in [1.807, 2.05) is 6.07 Å². The van der Waals surface area contributed by atoms with Crippen LogP contribution in [0.1, 0.15) is 74.8 Å². The third-order valence-corrected chi connectivity index (χ3v) is 7.49. The van der Waals surface area contributed by atoms with Crippen LogP contribution in [0.4, 0.5) is 5.69 Å². The monoisotopic (exact) mass is 436 g/mol. The summed E-state index contributed by atoms with van der Waals surface area (Å²) in [4.78, 5) is 22.1. The van der Waals surface area contributed by atoms with Gasteiger partial charge in [-0.3, -0.25) is 4.79 Å². The maximum absolute atomic E-state index is 11.8. The van der Waals surface area contributed by atoms with Crippen LogP contribution in [0.2, 0.25) is 5.02 Å². The van der Waals surface area contributed by atoms with Crippen LogP contribution in [0.25, 0.3) is 0 Å². The number of hydrogen-bond acceptors (Lipinski definition) is 5. The van der Waals surface area contributed by atoms with Crippen molar-refractivity contribution < 1.29 is 19.7 Å². The van der Waals surface area contributed by atoms with Gasteiger partial charge in [0.1, 0.15) is 12.5 Å². The van der Waals surface area contributed by atoms with E-state index < -0.39 is 11.9 Å². The van der Waals surface area contributed by atoms with Gasteiger partial charge in [0, 0.05) is 11.6 Å². The summed E-state index contributed by atoms with van der Waals surface area (Å²) < 4.78 is 0. The van der Waals surface area contributed by atoms with Crippen LogP contribution in [0, 0.1) is 11.8 Å². The number of benzene rings is 1. The van der Waals surface area contributed by atoms with Gasteiger partial charge in [0.05, 0.1) is 10.7 Å². The van der Waals surface area contributed by atoms with Crippen molar-refractivity contribution in [3.05, 3.63) is 22.2 Å². The highest BCUT2D eigenvalue weighted by Gasteiger charge is 2.35. The number of nitrogens with one attached hydrogen (secondary N) is 1. The fourth-order valence-electron chi connectivity index (χ4n) is 5.51. The van der Waals surface area contributed by atoms with E-state index in [1.165, 1.54) is 44.9 Å². The molecule has 0 radical (unpaired) electrons. The molecule has 3 unspecified atom stereocenters. The summed E-state index contributed by atoms with van der Waals surface area (Å²) in [6, 6.07) is 2.37. The van der Waals surface area contributed by atoms with Gasteiger partial charge in [-0.05, 0) is 62.1 Å². The fourth-order valence-corrected chi connectivity index (χ4v) is 5.73. The topological polar surface area (TPSA) is 93.8 Å². The smallest absolute Gasteiger partial charge is 0.313 e. The highest BCUT2D eigenvalue weighted by atomic mass is 35.5. The van der Waals surface area contributed by atoms with E-state index in [9.17, 15) is 9.90 Å². The number of anilines is 1. The van der Waals surface area contributed by atoms with Crippen molar-refractivity contribution in [2.75, 3.05) is 18.9 Å². The predicted octanol–water partition coefficient (Wildman–Crippen LogP) is 4.69. The minimum Gasteiger partial charge on any atom is -0.481 e. The Morgan fingerprint density at radius 2 is 2.00 bits per heavy atom. The molecule has 2 fully saturated rings. The molecular weight excluding hydrogens is 404 g/mol. The van der Waals surface area contributed by atoms with Gasteiger partial charge in [0.15, 0.2) is 5.75 Å². The van der Waals surface area contributed by atoms with E-state index in [2.05, 4.69) is 5.32 Å². The average Bonchev–Trinajstić information content (AvgIpc) is 2.76. The number of piperidine rings is 1. The van der Waals surface area contributed by atoms with Crippen molar-refractivity contribution in [1.29, 1.82) is 0 Å². The molecule has 4 rings (SSSR count). The summed E-state index contributed by atoms with van der Waals surface area (Å²) in [7, 11) is 0. The minimum atomic E-state index is -0.932. The first-order valence-electron chi connectivity index (χ1n) is 11.4. The largest absolute Gasteiger partial charge is 0.481 e. The SMILES string of the molecule is Nc1c(Cl)cc(CC2CCNC(CCC3CCCCC3)C2)c2c1OOCC2C(=O)O. The highest BCUT2D eigenvalue weighted by Crippen LogP contribution is 2.44. The molecular formula is C23H33ClN2O4. The first-order chi connectivity index (χ1) is 14.5. The molecule has 4 N–H and O–H groups in total. The lowest BCUT2D eigenvalue weighted by Crippen LogP contribution is -2.39. The molecule has 166 valence electrons.